The van der Waals surface area contributed by atoms with Crippen LogP contribution in [0.4, 0.5) is 0 Å². The fourth-order valence-electron chi connectivity index (χ4n) is 5.52. The minimum Gasteiger partial charge on any atom is -0.480 e. The number of fused-ring (bicyclic) bond motifs is 1. The van der Waals surface area contributed by atoms with Crippen LogP contribution in [0.2, 0.25) is 0 Å². The van der Waals surface area contributed by atoms with Crippen molar-refractivity contribution in [2.45, 2.75) is 38.8 Å². The molecule has 0 aliphatic heterocycles. The fourth-order valence-corrected chi connectivity index (χ4v) is 5.52. The van der Waals surface area contributed by atoms with Gasteiger partial charge in [0.1, 0.15) is 12.1 Å². The third-order valence-corrected chi connectivity index (χ3v) is 7.76. The van der Waals surface area contributed by atoms with Gasteiger partial charge in [0.15, 0.2) is 0 Å². The molecule has 0 radical (unpaired) electrons. The Labute approximate surface area is 251 Å². The summed E-state index contributed by atoms with van der Waals surface area (Å²) < 4.78 is 0. The number of amides is 2. The van der Waals surface area contributed by atoms with Gasteiger partial charge in [0.2, 0.25) is 5.91 Å². The Hall–Kier alpha value is -5.17. The maximum absolute atomic E-state index is 13.9. The van der Waals surface area contributed by atoms with Crippen LogP contribution in [0.5, 0.6) is 0 Å². The van der Waals surface area contributed by atoms with Crippen LogP contribution in [0.25, 0.3) is 22.0 Å². The van der Waals surface area contributed by atoms with Gasteiger partial charge in [-0.1, -0.05) is 90.0 Å². The maximum Gasteiger partial charge on any atom is 0.326 e. The predicted octanol–water partition coefficient (Wildman–Crippen LogP) is 5.95. The summed E-state index contributed by atoms with van der Waals surface area (Å²) in [6, 6.07) is 28.9. The van der Waals surface area contributed by atoms with Crippen molar-refractivity contribution >= 4 is 28.7 Å². The Morgan fingerprint density at radius 3 is 2.12 bits per heavy atom. The summed E-state index contributed by atoms with van der Waals surface area (Å²) in [7, 11) is 1.60. The van der Waals surface area contributed by atoms with E-state index in [4.69, 9.17) is 0 Å². The van der Waals surface area contributed by atoms with E-state index in [1.165, 1.54) is 4.90 Å². The maximum atomic E-state index is 13.9. The number of likely N-dealkylation sites (N-methyl/N-ethyl adjacent to an activating group) is 1. The van der Waals surface area contributed by atoms with E-state index in [1.807, 2.05) is 98.8 Å². The molecular weight excluding hydrogens is 538 g/mol. The van der Waals surface area contributed by atoms with Crippen molar-refractivity contribution in [3.63, 3.8) is 0 Å². The van der Waals surface area contributed by atoms with Gasteiger partial charge in [0.25, 0.3) is 5.91 Å². The molecule has 0 unspecified atom stereocenters. The molecule has 5 aromatic rings. The van der Waals surface area contributed by atoms with Crippen molar-refractivity contribution in [3.8, 4) is 11.1 Å². The molecule has 43 heavy (non-hydrogen) atoms. The molecule has 5 rings (SSSR count). The van der Waals surface area contributed by atoms with Crippen LogP contribution in [-0.4, -0.2) is 51.9 Å². The smallest absolute Gasteiger partial charge is 0.326 e. The number of aliphatic carboxylic acids is 1. The number of carbonyl (C=O) groups is 3. The summed E-state index contributed by atoms with van der Waals surface area (Å²) in [6.07, 6.45) is 2.08. The Morgan fingerprint density at radius 1 is 0.814 bits per heavy atom. The molecule has 7 heteroatoms. The number of nitrogens with zero attached hydrogens (tertiary/aromatic N) is 1. The van der Waals surface area contributed by atoms with E-state index in [0.717, 1.165) is 44.3 Å². The molecule has 1 aromatic heterocycles. The Balaban J connectivity index is 1.42. The number of aromatic nitrogens is 1. The first-order valence-corrected chi connectivity index (χ1v) is 14.3. The lowest BCUT2D eigenvalue weighted by atomic mass is 9.98. The molecule has 2 atom stereocenters. The highest BCUT2D eigenvalue weighted by Gasteiger charge is 2.32. The van der Waals surface area contributed by atoms with E-state index in [0.29, 0.717) is 5.56 Å². The van der Waals surface area contributed by atoms with Gasteiger partial charge in [-0.2, -0.15) is 0 Å². The van der Waals surface area contributed by atoms with Gasteiger partial charge in [-0.15, -0.1) is 0 Å². The molecule has 0 saturated carbocycles. The number of carboxylic acid groups (broad SMARTS) is 1. The minimum atomic E-state index is -1.18. The number of nitrogens with one attached hydrogen (secondary N) is 2. The molecule has 218 valence electrons. The van der Waals surface area contributed by atoms with Crippen LogP contribution >= 0.6 is 0 Å². The summed E-state index contributed by atoms with van der Waals surface area (Å²) >= 11 is 0. The summed E-state index contributed by atoms with van der Waals surface area (Å²) in [6.45, 7) is 3.84. The summed E-state index contributed by atoms with van der Waals surface area (Å²) in [5.41, 5.74) is 7.01. The van der Waals surface area contributed by atoms with E-state index in [-0.39, 0.29) is 18.7 Å². The largest absolute Gasteiger partial charge is 0.480 e. The van der Waals surface area contributed by atoms with Crippen LogP contribution in [-0.2, 0) is 22.4 Å². The van der Waals surface area contributed by atoms with Crippen molar-refractivity contribution in [1.29, 1.82) is 0 Å². The van der Waals surface area contributed by atoms with Gasteiger partial charge in [-0.25, -0.2) is 4.79 Å². The average molecular weight is 574 g/mol. The molecule has 3 N–H and O–H groups in total. The van der Waals surface area contributed by atoms with E-state index in [1.54, 1.807) is 25.4 Å². The summed E-state index contributed by atoms with van der Waals surface area (Å²) in [4.78, 5) is 44.5. The van der Waals surface area contributed by atoms with Crippen molar-refractivity contribution in [3.05, 3.63) is 131 Å². The predicted molar refractivity (Wildman–Crippen MR) is 169 cm³/mol. The van der Waals surface area contributed by atoms with E-state index in [9.17, 15) is 19.5 Å². The number of rotatable bonds is 10. The van der Waals surface area contributed by atoms with Crippen LogP contribution in [0.1, 0.15) is 32.6 Å². The average Bonchev–Trinajstić information content (AvgIpc) is 3.41. The molecule has 2 amide bonds. The molecule has 0 aliphatic carbocycles. The third-order valence-electron chi connectivity index (χ3n) is 7.76. The second kappa shape index (κ2) is 12.8. The number of aromatic amines is 1. The van der Waals surface area contributed by atoms with Gasteiger partial charge in [0.05, 0.1) is 0 Å². The normalized spacial score (nSPS) is 12.4. The second-order valence-electron chi connectivity index (χ2n) is 11.0. The molecule has 1 heterocycles. The first kappa shape index (κ1) is 29.3. The van der Waals surface area contributed by atoms with Crippen molar-refractivity contribution in [2.24, 2.45) is 0 Å². The Bertz CT molecular complexity index is 1740. The fraction of sp³-hybridized carbons (Fsp3) is 0.194. The van der Waals surface area contributed by atoms with Crippen molar-refractivity contribution in [2.75, 3.05) is 7.05 Å². The first-order chi connectivity index (χ1) is 20.7. The standard InChI is InChI=1S/C36H35N3O4/c1-23-17-24(2)19-28(18-23)35(41)39(3)33(20-25-13-15-27(16-14-25)26-9-5-4-6-10-26)34(40)38-32(36(42)43)21-29-22-37-31-12-8-7-11-30(29)31/h4-19,22,32-33,37H,20-21H2,1-3H3,(H,38,40)(H,42,43)/t32-,33-/m1/s1. The Morgan fingerprint density at radius 2 is 1.44 bits per heavy atom. The topological polar surface area (TPSA) is 103 Å². The number of hydrogen-bond donors (Lipinski definition) is 3. The van der Waals surface area contributed by atoms with E-state index in [2.05, 4.69) is 10.3 Å². The number of carbonyl (C=O) groups excluding carboxylic acids is 2. The quantitative estimate of drug-likeness (QED) is 0.192. The third kappa shape index (κ3) is 6.84. The lowest BCUT2D eigenvalue weighted by Crippen LogP contribution is -2.53. The van der Waals surface area contributed by atoms with Gasteiger partial charge in [-0.05, 0) is 54.3 Å². The highest BCUT2D eigenvalue weighted by Crippen LogP contribution is 2.22. The Kier molecular flexibility index (Phi) is 8.71. The van der Waals surface area contributed by atoms with E-state index < -0.39 is 24.0 Å². The molecule has 0 saturated heterocycles. The number of benzene rings is 4. The van der Waals surface area contributed by atoms with Gasteiger partial charge in [-0.3, -0.25) is 9.59 Å². The monoisotopic (exact) mass is 573 g/mol. The van der Waals surface area contributed by atoms with Gasteiger partial charge in [0, 0.05) is 42.6 Å². The lowest BCUT2D eigenvalue weighted by molar-refractivity contribution is -0.142. The SMILES string of the molecule is Cc1cc(C)cc(C(=O)N(C)[C@H](Cc2ccc(-c3ccccc3)cc2)C(=O)N[C@H](Cc2c[nH]c3ccccc23)C(=O)O)c1. The minimum absolute atomic E-state index is 0.0956. The number of para-hydroxylation sites is 1. The number of hydrogen-bond acceptors (Lipinski definition) is 3. The van der Waals surface area contributed by atoms with Crippen molar-refractivity contribution < 1.29 is 19.5 Å². The highest BCUT2D eigenvalue weighted by atomic mass is 16.4. The zero-order chi connectivity index (χ0) is 30.5. The van der Waals surface area contributed by atoms with Crippen LogP contribution in [0, 0.1) is 13.8 Å². The molecule has 0 aliphatic rings. The molecule has 0 fully saturated rings. The summed E-state index contributed by atoms with van der Waals surface area (Å²) in [5, 5.41) is 13.7. The van der Waals surface area contributed by atoms with E-state index >= 15 is 0 Å². The lowest BCUT2D eigenvalue weighted by Gasteiger charge is -2.29. The zero-order valence-corrected chi connectivity index (χ0v) is 24.5. The molecular formula is C36H35N3O4. The molecule has 0 spiro atoms. The molecule has 7 nitrogen and oxygen atoms in total. The molecule has 4 aromatic carbocycles. The number of aryl methyl sites for hydroxylation is 2. The molecule has 0 bridgehead atoms. The number of carboxylic acids is 1. The van der Waals surface area contributed by atoms with Crippen LogP contribution in [0.15, 0.2) is 103 Å². The van der Waals surface area contributed by atoms with Crippen LogP contribution < -0.4 is 5.32 Å². The number of H-pyrrole nitrogens is 1. The van der Waals surface area contributed by atoms with Crippen LogP contribution in [0.3, 0.4) is 0 Å². The highest BCUT2D eigenvalue weighted by molar-refractivity contribution is 5.98. The first-order valence-electron chi connectivity index (χ1n) is 14.3. The summed E-state index contributed by atoms with van der Waals surface area (Å²) in [5.74, 6) is -1.98. The van der Waals surface area contributed by atoms with Gasteiger partial charge >= 0.3 is 5.97 Å². The van der Waals surface area contributed by atoms with Gasteiger partial charge < -0.3 is 20.3 Å². The zero-order valence-electron chi connectivity index (χ0n) is 24.5. The second-order valence-corrected chi connectivity index (χ2v) is 11.0. The van der Waals surface area contributed by atoms with Crippen molar-refractivity contribution in [1.82, 2.24) is 15.2 Å².